The second-order valence-electron chi connectivity index (χ2n) is 1.86. The summed E-state index contributed by atoms with van der Waals surface area (Å²) in [7, 11) is 0. The second kappa shape index (κ2) is 4.67. The number of halogens is 1. The maximum absolute atomic E-state index is 10.2. The van der Waals surface area contributed by atoms with Crippen molar-refractivity contribution >= 4 is 46.8 Å². The van der Waals surface area contributed by atoms with Gasteiger partial charge in [0, 0.05) is 6.07 Å². The van der Waals surface area contributed by atoms with E-state index < -0.39 is 10.7 Å². The number of phenols is 1. The Morgan fingerprint density at radius 2 is 2.08 bits per heavy atom. The van der Waals surface area contributed by atoms with Gasteiger partial charge in [-0.05, 0) is 6.07 Å². The number of benzene rings is 1. The van der Waals surface area contributed by atoms with Crippen LogP contribution in [-0.4, -0.2) is 39.6 Å². The molecule has 4 nitrogen and oxygen atoms in total. The molecule has 0 fully saturated rings. The van der Waals surface area contributed by atoms with Crippen LogP contribution >= 0.6 is 11.6 Å². The number of para-hydroxylation sites is 1. The Balaban J connectivity index is 0.00000121. The third-order valence-electron chi connectivity index (χ3n) is 1.16. The minimum atomic E-state index is -0.693. The summed E-state index contributed by atoms with van der Waals surface area (Å²) < 4.78 is 0. The van der Waals surface area contributed by atoms with Crippen molar-refractivity contribution < 1.29 is 10.0 Å². The Labute approximate surface area is 95.6 Å². The molecule has 0 bridgehead atoms. The SMILES string of the molecule is O=[N+]([O-])c1cccc(Cl)c1O.[NaH]. The number of rotatable bonds is 1. The van der Waals surface area contributed by atoms with Crippen molar-refractivity contribution in [2.24, 2.45) is 0 Å². The minimum absolute atomic E-state index is 0. The molecule has 0 aliphatic heterocycles. The van der Waals surface area contributed by atoms with E-state index >= 15 is 0 Å². The first kappa shape index (κ1) is 11.7. The van der Waals surface area contributed by atoms with Crippen LogP contribution in [0.2, 0.25) is 5.02 Å². The van der Waals surface area contributed by atoms with E-state index in [4.69, 9.17) is 16.7 Å². The summed E-state index contributed by atoms with van der Waals surface area (Å²) in [4.78, 5) is 9.47. The molecule has 1 N–H and O–H groups in total. The molecule has 1 rings (SSSR count). The summed E-state index contributed by atoms with van der Waals surface area (Å²) in [6.07, 6.45) is 0. The number of phenolic OH excluding ortho intramolecular Hbond substituents is 1. The van der Waals surface area contributed by atoms with Gasteiger partial charge in [-0.2, -0.15) is 0 Å². The first-order valence-corrected chi connectivity index (χ1v) is 3.12. The van der Waals surface area contributed by atoms with E-state index in [-0.39, 0.29) is 40.3 Å². The van der Waals surface area contributed by atoms with Gasteiger partial charge in [0.05, 0.1) is 9.95 Å². The number of hydrogen-bond donors (Lipinski definition) is 1. The van der Waals surface area contributed by atoms with E-state index in [2.05, 4.69) is 0 Å². The third kappa shape index (κ3) is 2.35. The number of hydrogen-bond acceptors (Lipinski definition) is 3. The van der Waals surface area contributed by atoms with Gasteiger partial charge in [0.15, 0.2) is 0 Å². The van der Waals surface area contributed by atoms with Crippen molar-refractivity contribution in [2.45, 2.75) is 0 Å². The predicted molar refractivity (Wildman–Crippen MR) is 46.9 cm³/mol. The molecule has 6 heteroatoms. The Kier molecular flexibility index (Phi) is 4.55. The van der Waals surface area contributed by atoms with Crippen LogP contribution in [0, 0.1) is 10.1 Å². The van der Waals surface area contributed by atoms with Gasteiger partial charge in [-0.15, -0.1) is 0 Å². The molecule has 0 amide bonds. The number of aromatic hydroxyl groups is 1. The van der Waals surface area contributed by atoms with Crippen molar-refractivity contribution in [2.75, 3.05) is 0 Å². The van der Waals surface area contributed by atoms with E-state index in [9.17, 15) is 10.1 Å². The molecule has 0 spiro atoms. The van der Waals surface area contributed by atoms with Crippen LogP contribution in [-0.2, 0) is 0 Å². The van der Waals surface area contributed by atoms with Gasteiger partial charge >= 0.3 is 35.2 Å². The van der Waals surface area contributed by atoms with Gasteiger partial charge < -0.3 is 5.11 Å². The van der Waals surface area contributed by atoms with Crippen molar-refractivity contribution in [3.05, 3.63) is 33.3 Å². The summed E-state index contributed by atoms with van der Waals surface area (Å²) >= 11 is 5.40. The average Bonchev–Trinajstić information content (AvgIpc) is 1.94. The topological polar surface area (TPSA) is 63.4 Å². The maximum atomic E-state index is 10.2. The van der Waals surface area contributed by atoms with Crippen LogP contribution in [0.25, 0.3) is 0 Å². The standard InChI is InChI=1S/C6H4ClNO3.Na.H/c7-4-2-1-3-5(6(4)9)8(10)11;;/h1-3,9H;;. The Hall–Kier alpha value is -0.290. The molecule has 0 saturated carbocycles. The molecule has 0 aliphatic rings. The van der Waals surface area contributed by atoms with Crippen LogP contribution < -0.4 is 0 Å². The molecule has 0 unspecified atom stereocenters. The first-order valence-electron chi connectivity index (χ1n) is 2.75. The van der Waals surface area contributed by atoms with Crippen molar-refractivity contribution in [1.29, 1.82) is 0 Å². The molecular formula is C6H5ClNNaO3. The van der Waals surface area contributed by atoms with Crippen LogP contribution in [0.3, 0.4) is 0 Å². The van der Waals surface area contributed by atoms with Gasteiger partial charge in [0.1, 0.15) is 0 Å². The molecule has 60 valence electrons. The molecular weight excluding hydrogens is 193 g/mol. The molecule has 12 heavy (non-hydrogen) atoms. The average molecular weight is 198 g/mol. The zero-order valence-electron chi connectivity index (χ0n) is 5.32. The molecule has 0 saturated heterocycles. The van der Waals surface area contributed by atoms with Gasteiger partial charge in [0.2, 0.25) is 5.75 Å². The van der Waals surface area contributed by atoms with Crippen LogP contribution in [0.15, 0.2) is 18.2 Å². The van der Waals surface area contributed by atoms with E-state index in [0.29, 0.717) is 0 Å². The summed E-state index contributed by atoms with van der Waals surface area (Å²) in [5.41, 5.74) is -0.377. The summed E-state index contributed by atoms with van der Waals surface area (Å²) in [6, 6.07) is 3.96. The van der Waals surface area contributed by atoms with Crippen molar-refractivity contribution in [3.63, 3.8) is 0 Å². The zero-order chi connectivity index (χ0) is 8.43. The van der Waals surface area contributed by atoms with Crippen molar-refractivity contribution in [3.8, 4) is 5.75 Å². The Bertz CT molecular complexity index is 305. The first-order chi connectivity index (χ1) is 5.13. The molecule has 0 atom stereocenters. The van der Waals surface area contributed by atoms with Gasteiger partial charge in [-0.1, -0.05) is 17.7 Å². The number of nitro benzene ring substituents is 1. The molecule has 0 heterocycles. The predicted octanol–water partition coefficient (Wildman–Crippen LogP) is 1.31. The fourth-order valence-corrected chi connectivity index (χ4v) is 0.821. The van der Waals surface area contributed by atoms with E-state index in [1.54, 1.807) is 0 Å². The molecule has 0 aliphatic carbocycles. The van der Waals surface area contributed by atoms with Crippen LogP contribution in [0.5, 0.6) is 5.75 Å². The van der Waals surface area contributed by atoms with Crippen molar-refractivity contribution in [1.82, 2.24) is 0 Å². The van der Waals surface area contributed by atoms with Crippen LogP contribution in [0.1, 0.15) is 0 Å². The quantitative estimate of drug-likeness (QED) is 0.419. The molecule has 1 aromatic carbocycles. The summed E-state index contributed by atoms with van der Waals surface area (Å²) in [5, 5.41) is 19.1. The van der Waals surface area contributed by atoms with Gasteiger partial charge in [0.25, 0.3) is 0 Å². The Morgan fingerprint density at radius 3 is 2.50 bits per heavy atom. The molecule has 0 radical (unpaired) electrons. The number of nitro groups is 1. The monoisotopic (exact) mass is 197 g/mol. The Morgan fingerprint density at radius 1 is 1.50 bits per heavy atom. The molecule has 1 aromatic rings. The molecule has 0 aromatic heterocycles. The third-order valence-corrected chi connectivity index (χ3v) is 1.47. The van der Waals surface area contributed by atoms with E-state index in [1.807, 2.05) is 0 Å². The van der Waals surface area contributed by atoms with Crippen LogP contribution in [0.4, 0.5) is 5.69 Å². The fourth-order valence-electron chi connectivity index (χ4n) is 0.651. The zero-order valence-corrected chi connectivity index (χ0v) is 6.08. The van der Waals surface area contributed by atoms with Gasteiger partial charge in [-0.25, -0.2) is 0 Å². The van der Waals surface area contributed by atoms with Gasteiger partial charge in [-0.3, -0.25) is 10.1 Å². The summed E-state index contributed by atoms with van der Waals surface area (Å²) in [5.74, 6) is -0.487. The second-order valence-corrected chi connectivity index (χ2v) is 2.27. The number of nitrogens with zero attached hydrogens (tertiary/aromatic N) is 1. The van der Waals surface area contributed by atoms with E-state index in [1.165, 1.54) is 18.2 Å². The normalized spacial score (nSPS) is 8.75. The van der Waals surface area contributed by atoms with E-state index in [0.717, 1.165) is 0 Å². The fraction of sp³-hybridized carbons (Fsp3) is 0. The summed E-state index contributed by atoms with van der Waals surface area (Å²) in [6.45, 7) is 0.